The van der Waals surface area contributed by atoms with Gasteiger partial charge in [-0.05, 0) is 36.8 Å². The molecular formula is C14H18BrF. The molecule has 1 aromatic carbocycles. The lowest BCUT2D eigenvalue weighted by atomic mass is 9.92. The molecule has 0 heterocycles. The second kappa shape index (κ2) is 5.81. The lowest BCUT2D eigenvalue weighted by molar-refractivity contribution is 0.453. The molecule has 88 valence electrons. The summed E-state index contributed by atoms with van der Waals surface area (Å²) >= 11 is 3.72. The minimum absolute atomic E-state index is 0.0436. The predicted octanol–water partition coefficient (Wildman–Crippen LogP) is 4.71. The summed E-state index contributed by atoms with van der Waals surface area (Å²) in [6.07, 6.45) is 7.21. The number of hydrogen-bond donors (Lipinski definition) is 0. The second-order valence-electron chi connectivity index (χ2n) is 4.78. The molecule has 0 radical (unpaired) electrons. The Morgan fingerprint density at radius 1 is 1.19 bits per heavy atom. The van der Waals surface area contributed by atoms with Gasteiger partial charge in [-0.15, -0.1) is 0 Å². The third kappa shape index (κ3) is 3.31. The topological polar surface area (TPSA) is 0 Å². The molecule has 1 fully saturated rings. The molecule has 1 aliphatic rings. The summed E-state index contributed by atoms with van der Waals surface area (Å²) in [6.45, 7) is 0. The van der Waals surface area contributed by atoms with Crippen LogP contribution < -0.4 is 0 Å². The van der Waals surface area contributed by atoms with Crippen LogP contribution in [0, 0.1) is 11.7 Å². The average Bonchev–Trinajstić information content (AvgIpc) is 2.46. The molecule has 0 bridgehead atoms. The molecule has 16 heavy (non-hydrogen) atoms. The monoisotopic (exact) mass is 284 g/mol. The van der Waals surface area contributed by atoms with Crippen LogP contribution in [0.15, 0.2) is 24.3 Å². The van der Waals surface area contributed by atoms with Crippen molar-refractivity contribution < 1.29 is 4.39 Å². The van der Waals surface area contributed by atoms with Crippen molar-refractivity contribution in [3.63, 3.8) is 0 Å². The number of halogens is 2. The van der Waals surface area contributed by atoms with Crippen molar-refractivity contribution in [1.29, 1.82) is 0 Å². The molecular weight excluding hydrogens is 267 g/mol. The second-order valence-corrected chi connectivity index (χ2v) is 6.07. The van der Waals surface area contributed by atoms with Crippen LogP contribution in [0.5, 0.6) is 0 Å². The number of benzene rings is 1. The van der Waals surface area contributed by atoms with Gasteiger partial charge in [0, 0.05) is 4.83 Å². The zero-order chi connectivity index (χ0) is 11.4. The van der Waals surface area contributed by atoms with E-state index < -0.39 is 0 Å². The highest BCUT2D eigenvalue weighted by atomic mass is 79.9. The summed E-state index contributed by atoms with van der Waals surface area (Å²) in [5.74, 6) is 0.599. The van der Waals surface area contributed by atoms with E-state index >= 15 is 0 Å². The Morgan fingerprint density at radius 3 is 2.75 bits per heavy atom. The standard InChI is InChI=1S/C14H18BrF/c15-13-7-3-1-5-11(10-13)9-12-6-2-4-8-14(12)16/h2,4,6,8,11,13H,1,3,5,7,9-10H2. The lowest BCUT2D eigenvalue weighted by Crippen LogP contribution is -2.09. The summed E-state index contributed by atoms with van der Waals surface area (Å²) in [5.41, 5.74) is 0.883. The van der Waals surface area contributed by atoms with Gasteiger partial charge in [-0.1, -0.05) is 53.4 Å². The minimum Gasteiger partial charge on any atom is -0.207 e. The third-order valence-corrected chi connectivity index (χ3v) is 4.27. The maximum atomic E-state index is 13.5. The fourth-order valence-corrected chi connectivity index (χ4v) is 3.41. The van der Waals surface area contributed by atoms with E-state index in [0.717, 1.165) is 12.0 Å². The molecule has 2 atom stereocenters. The van der Waals surface area contributed by atoms with Crippen molar-refractivity contribution in [2.45, 2.75) is 43.4 Å². The first-order chi connectivity index (χ1) is 7.75. The van der Waals surface area contributed by atoms with E-state index in [-0.39, 0.29) is 5.82 Å². The van der Waals surface area contributed by atoms with E-state index in [4.69, 9.17) is 0 Å². The highest BCUT2D eigenvalue weighted by molar-refractivity contribution is 9.09. The average molecular weight is 285 g/mol. The molecule has 0 N–H and O–H groups in total. The summed E-state index contributed by atoms with van der Waals surface area (Å²) in [6, 6.07) is 7.18. The minimum atomic E-state index is -0.0436. The third-order valence-electron chi connectivity index (χ3n) is 3.44. The van der Waals surface area contributed by atoms with Crippen LogP contribution >= 0.6 is 15.9 Å². The molecule has 1 aliphatic carbocycles. The van der Waals surface area contributed by atoms with Crippen molar-refractivity contribution in [2.24, 2.45) is 5.92 Å². The van der Waals surface area contributed by atoms with Crippen molar-refractivity contribution in [2.75, 3.05) is 0 Å². The smallest absolute Gasteiger partial charge is 0.126 e. The van der Waals surface area contributed by atoms with E-state index in [1.165, 1.54) is 32.1 Å². The number of hydrogen-bond acceptors (Lipinski definition) is 0. The van der Waals surface area contributed by atoms with Gasteiger partial charge in [0.1, 0.15) is 5.82 Å². The van der Waals surface area contributed by atoms with Crippen molar-refractivity contribution in [3.05, 3.63) is 35.6 Å². The largest absolute Gasteiger partial charge is 0.207 e. The normalized spacial score (nSPS) is 26.4. The Morgan fingerprint density at radius 2 is 1.94 bits per heavy atom. The van der Waals surface area contributed by atoms with Gasteiger partial charge in [-0.3, -0.25) is 0 Å². The van der Waals surface area contributed by atoms with Crippen LogP contribution in [0.4, 0.5) is 4.39 Å². The fourth-order valence-electron chi connectivity index (χ4n) is 2.56. The van der Waals surface area contributed by atoms with Gasteiger partial charge in [0.2, 0.25) is 0 Å². The molecule has 1 saturated carbocycles. The molecule has 0 nitrogen and oxygen atoms in total. The van der Waals surface area contributed by atoms with Gasteiger partial charge in [-0.2, -0.15) is 0 Å². The predicted molar refractivity (Wildman–Crippen MR) is 69.4 cm³/mol. The maximum absolute atomic E-state index is 13.5. The van der Waals surface area contributed by atoms with Gasteiger partial charge in [-0.25, -0.2) is 4.39 Å². The number of alkyl halides is 1. The van der Waals surface area contributed by atoms with E-state index in [9.17, 15) is 4.39 Å². The van der Waals surface area contributed by atoms with Crippen LogP contribution in [0.25, 0.3) is 0 Å². The summed E-state index contributed by atoms with van der Waals surface area (Å²) in [5, 5.41) is 0. The Bertz CT molecular complexity index is 337. The van der Waals surface area contributed by atoms with Gasteiger partial charge in [0.25, 0.3) is 0 Å². The summed E-state index contributed by atoms with van der Waals surface area (Å²) in [7, 11) is 0. The van der Waals surface area contributed by atoms with Crippen LogP contribution in [-0.2, 0) is 6.42 Å². The Hall–Kier alpha value is -0.370. The van der Waals surface area contributed by atoms with E-state index in [2.05, 4.69) is 15.9 Å². The zero-order valence-corrected chi connectivity index (χ0v) is 11.0. The molecule has 0 saturated heterocycles. The molecule has 0 aromatic heterocycles. The molecule has 0 amide bonds. The van der Waals surface area contributed by atoms with Gasteiger partial charge < -0.3 is 0 Å². The maximum Gasteiger partial charge on any atom is 0.126 e. The highest BCUT2D eigenvalue weighted by Gasteiger charge is 2.19. The van der Waals surface area contributed by atoms with Crippen LogP contribution in [0.2, 0.25) is 0 Å². The van der Waals surface area contributed by atoms with Gasteiger partial charge in [0.05, 0.1) is 0 Å². The Balaban J connectivity index is 2.00. The Labute approximate surface area is 105 Å². The van der Waals surface area contributed by atoms with Crippen LogP contribution in [-0.4, -0.2) is 4.83 Å². The Kier molecular flexibility index (Phi) is 4.39. The van der Waals surface area contributed by atoms with E-state index in [0.29, 0.717) is 10.7 Å². The first-order valence-electron chi connectivity index (χ1n) is 6.13. The summed E-state index contributed by atoms with van der Waals surface area (Å²) < 4.78 is 13.5. The first-order valence-corrected chi connectivity index (χ1v) is 7.05. The lowest BCUT2D eigenvalue weighted by Gasteiger charge is -2.16. The quantitative estimate of drug-likeness (QED) is 0.545. The molecule has 2 unspecified atom stereocenters. The van der Waals surface area contributed by atoms with Crippen molar-refractivity contribution in [1.82, 2.24) is 0 Å². The SMILES string of the molecule is Fc1ccccc1CC1CCCCC(Br)C1. The van der Waals surface area contributed by atoms with E-state index in [1.807, 2.05) is 12.1 Å². The number of rotatable bonds is 2. The highest BCUT2D eigenvalue weighted by Crippen LogP contribution is 2.30. The van der Waals surface area contributed by atoms with Crippen LogP contribution in [0.1, 0.15) is 37.7 Å². The van der Waals surface area contributed by atoms with Gasteiger partial charge in [0.15, 0.2) is 0 Å². The summed E-state index contributed by atoms with van der Waals surface area (Å²) in [4.78, 5) is 0.631. The van der Waals surface area contributed by atoms with Gasteiger partial charge >= 0.3 is 0 Å². The molecule has 0 aliphatic heterocycles. The molecule has 0 spiro atoms. The molecule has 2 rings (SSSR count). The zero-order valence-electron chi connectivity index (χ0n) is 9.46. The van der Waals surface area contributed by atoms with Crippen molar-refractivity contribution in [3.8, 4) is 0 Å². The molecule has 2 heteroatoms. The van der Waals surface area contributed by atoms with Crippen LogP contribution in [0.3, 0.4) is 0 Å². The molecule has 1 aromatic rings. The fraction of sp³-hybridized carbons (Fsp3) is 0.571. The van der Waals surface area contributed by atoms with E-state index in [1.54, 1.807) is 12.1 Å². The van der Waals surface area contributed by atoms with Crippen molar-refractivity contribution >= 4 is 15.9 Å². The first kappa shape index (κ1) is 12.1.